The summed E-state index contributed by atoms with van der Waals surface area (Å²) in [6.07, 6.45) is 7.73. The number of alkyl halides is 1. The molecular weight excluding hydrogens is 465 g/mol. The molecule has 4 atom stereocenters. The Kier molecular flexibility index (Phi) is 6.13. The lowest BCUT2D eigenvalue weighted by Crippen LogP contribution is -2.72. The third-order valence-electron chi connectivity index (χ3n) is 7.44. The Morgan fingerprint density at radius 1 is 1.11 bits per heavy atom. The lowest BCUT2D eigenvalue weighted by molar-refractivity contribution is 0.00193. The molecule has 2 N–H and O–H groups in total. The quantitative estimate of drug-likeness (QED) is 0.503. The maximum atomic E-state index is 15.6. The van der Waals surface area contributed by atoms with Crippen molar-refractivity contribution in [2.24, 2.45) is 0 Å². The highest BCUT2D eigenvalue weighted by atomic mass is 32.2. The van der Waals surface area contributed by atoms with E-state index >= 15 is 4.39 Å². The van der Waals surface area contributed by atoms with E-state index in [4.69, 9.17) is 0 Å². The summed E-state index contributed by atoms with van der Waals surface area (Å²) in [6.45, 7) is 4.17. The van der Waals surface area contributed by atoms with Crippen LogP contribution in [0.5, 0.6) is 5.75 Å². The molecule has 2 aromatic heterocycles. The van der Waals surface area contributed by atoms with Gasteiger partial charge in [-0.15, -0.1) is 27.1 Å². The molecule has 2 bridgehead atoms. The van der Waals surface area contributed by atoms with Gasteiger partial charge in [0.25, 0.3) is 0 Å². The van der Waals surface area contributed by atoms with Gasteiger partial charge in [-0.25, -0.2) is 9.37 Å². The number of hydrogen-bond donors (Lipinski definition) is 2. The largest absolute Gasteiger partial charge is 0.507 e. The van der Waals surface area contributed by atoms with Crippen molar-refractivity contribution in [2.75, 3.05) is 18.2 Å². The van der Waals surface area contributed by atoms with E-state index in [1.807, 2.05) is 37.3 Å². The van der Waals surface area contributed by atoms with Gasteiger partial charge in [0, 0.05) is 23.7 Å². The third kappa shape index (κ3) is 4.45. The van der Waals surface area contributed by atoms with E-state index in [-0.39, 0.29) is 17.3 Å². The minimum atomic E-state index is -1.03. The number of piperidine rings is 2. The number of anilines is 1. The van der Waals surface area contributed by atoms with Crippen LogP contribution >= 0.6 is 11.8 Å². The molecule has 0 aliphatic carbocycles. The number of phenolic OH excluding ortho intramolecular Hbond substituents is 1. The molecule has 10 heteroatoms. The van der Waals surface area contributed by atoms with Gasteiger partial charge in [-0.3, -0.25) is 0 Å². The van der Waals surface area contributed by atoms with Crippen molar-refractivity contribution in [3.05, 3.63) is 36.7 Å². The Morgan fingerprint density at radius 2 is 1.94 bits per heavy atom. The summed E-state index contributed by atoms with van der Waals surface area (Å²) < 4.78 is 15.6. The fourth-order valence-electron chi connectivity index (χ4n) is 5.57. The molecule has 0 radical (unpaired) electrons. The Balaban J connectivity index is 1.37. The van der Waals surface area contributed by atoms with Crippen LogP contribution in [0, 0.1) is 0 Å². The smallest absolute Gasteiger partial charge is 0.185 e. The number of aromatic nitrogens is 5. The van der Waals surface area contributed by atoms with Crippen molar-refractivity contribution in [2.45, 2.75) is 67.8 Å². The Morgan fingerprint density at radius 3 is 2.66 bits per heavy atom. The summed E-state index contributed by atoms with van der Waals surface area (Å²) in [5, 5.41) is 31.7. The number of rotatable bonds is 5. The van der Waals surface area contributed by atoms with Gasteiger partial charge in [0.2, 0.25) is 0 Å². The predicted octanol–water partition coefficient (Wildman–Crippen LogP) is 4.26. The zero-order valence-corrected chi connectivity index (χ0v) is 21.2. The van der Waals surface area contributed by atoms with Crippen LogP contribution in [0.1, 0.15) is 39.5 Å². The Bertz CT molecular complexity index is 1230. The summed E-state index contributed by atoms with van der Waals surface area (Å²) in [5.41, 5.74) is 1.51. The molecule has 3 aromatic rings. The number of phenols is 1. The van der Waals surface area contributed by atoms with Crippen molar-refractivity contribution >= 4 is 17.6 Å². The first kappa shape index (κ1) is 23.9. The van der Waals surface area contributed by atoms with E-state index in [1.165, 1.54) is 11.8 Å². The molecule has 184 valence electrons. The first-order valence-electron chi connectivity index (χ1n) is 11.8. The molecular formula is C25H30FN7OS. The minimum absolute atomic E-state index is 0.0452. The average Bonchev–Trinajstić information content (AvgIpc) is 2.86. The zero-order chi connectivity index (χ0) is 24.8. The molecule has 0 amide bonds. The summed E-state index contributed by atoms with van der Waals surface area (Å²) in [5.74, 6) is 0.864. The number of fused-ring (bicyclic) bond motifs is 2. The van der Waals surface area contributed by atoms with E-state index in [0.29, 0.717) is 23.6 Å². The normalized spacial score (nSPS) is 28.0. The standard InChI is InChI=1S/C25H30FN7OS/c1-24-8-5-9-25(2,32-24)22(26)18(12-24)33(3)20-14-27-23(31-29-20)17-7-6-15(10-19(17)34)16-11-21(35-4)30-28-13-16/h6-7,10-11,13-14,18,22,32,34H,5,8-9,12H2,1-4H3/t18-,22-,24-,25+/m0/s1. The van der Waals surface area contributed by atoms with Gasteiger partial charge < -0.3 is 15.3 Å². The first-order chi connectivity index (χ1) is 16.7. The lowest BCUT2D eigenvalue weighted by atomic mass is 9.68. The molecule has 35 heavy (non-hydrogen) atoms. The second-order valence-electron chi connectivity index (χ2n) is 10.1. The lowest BCUT2D eigenvalue weighted by Gasteiger charge is -2.56. The van der Waals surface area contributed by atoms with E-state index in [0.717, 1.165) is 35.4 Å². The molecule has 0 spiro atoms. The van der Waals surface area contributed by atoms with E-state index in [9.17, 15) is 5.11 Å². The number of thioether (sulfide) groups is 1. The second-order valence-corrected chi connectivity index (χ2v) is 10.9. The first-order valence-corrected chi connectivity index (χ1v) is 13.0. The molecule has 2 aliphatic heterocycles. The van der Waals surface area contributed by atoms with Gasteiger partial charge >= 0.3 is 0 Å². The van der Waals surface area contributed by atoms with Gasteiger partial charge in [0.15, 0.2) is 11.6 Å². The van der Waals surface area contributed by atoms with Gasteiger partial charge in [-0.2, -0.15) is 5.10 Å². The summed E-state index contributed by atoms with van der Waals surface area (Å²) >= 11 is 1.50. The SMILES string of the molecule is CSc1cc(-c2ccc(-c3ncc(N(C)[C@H]4C[C@]5(C)CCC[C@@](C)(N5)[C@H]4F)nn3)c(O)c2)cnn1. The Hall–Kier alpha value is -2.85. The van der Waals surface area contributed by atoms with Crippen molar-refractivity contribution in [1.82, 2.24) is 30.7 Å². The number of nitrogens with one attached hydrogen (secondary N) is 1. The molecule has 2 aliphatic rings. The number of aromatic hydroxyl groups is 1. The van der Waals surface area contributed by atoms with Crippen LogP contribution in [-0.2, 0) is 0 Å². The van der Waals surface area contributed by atoms with Gasteiger partial charge in [0.05, 0.1) is 24.0 Å². The molecule has 1 aromatic carbocycles. The van der Waals surface area contributed by atoms with Crippen LogP contribution in [-0.4, -0.2) is 67.1 Å². The highest BCUT2D eigenvalue weighted by molar-refractivity contribution is 7.98. The molecule has 2 fully saturated rings. The maximum absolute atomic E-state index is 15.6. The fraction of sp³-hybridized carbons (Fsp3) is 0.480. The average molecular weight is 496 g/mol. The van der Waals surface area contributed by atoms with Gasteiger partial charge in [0.1, 0.15) is 16.9 Å². The molecule has 4 heterocycles. The predicted molar refractivity (Wildman–Crippen MR) is 135 cm³/mol. The number of benzene rings is 1. The molecule has 8 nitrogen and oxygen atoms in total. The van der Waals surface area contributed by atoms with E-state index in [2.05, 4.69) is 37.6 Å². The van der Waals surface area contributed by atoms with Crippen molar-refractivity contribution in [3.8, 4) is 28.3 Å². The highest BCUT2D eigenvalue weighted by Crippen LogP contribution is 2.43. The van der Waals surface area contributed by atoms with Crippen molar-refractivity contribution in [3.63, 3.8) is 0 Å². The van der Waals surface area contributed by atoms with Crippen molar-refractivity contribution < 1.29 is 9.50 Å². The van der Waals surface area contributed by atoms with Gasteiger partial charge in [-0.05, 0) is 69.5 Å². The summed E-state index contributed by atoms with van der Waals surface area (Å²) in [7, 11) is 1.86. The van der Waals surface area contributed by atoms with Crippen LogP contribution in [0.15, 0.2) is 41.7 Å². The molecule has 0 saturated carbocycles. The number of nitrogens with zero attached hydrogens (tertiary/aromatic N) is 6. The maximum Gasteiger partial charge on any atom is 0.185 e. The topological polar surface area (TPSA) is 100.0 Å². The Labute approximate surface area is 208 Å². The molecule has 0 unspecified atom stereocenters. The minimum Gasteiger partial charge on any atom is -0.507 e. The van der Waals surface area contributed by atoms with Crippen LogP contribution in [0.25, 0.3) is 22.5 Å². The zero-order valence-electron chi connectivity index (χ0n) is 20.4. The fourth-order valence-corrected chi connectivity index (χ4v) is 5.95. The summed E-state index contributed by atoms with van der Waals surface area (Å²) in [6, 6.07) is 6.90. The third-order valence-corrected chi connectivity index (χ3v) is 8.06. The summed E-state index contributed by atoms with van der Waals surface area (Å²) in [4.78, 5) is 6.31. The number of hydrogen-bond acceptors (Lipinski definition) is 9. The van der Waals surface area contributed by atoms with E-state index in [1.54, 1.807) is 24.5 Å². The monoisotopic (exact) mass is 495 g/mol. The molecule has 5 rings (SSSR count). The molecule has 2 saturated heterocycles. The van der Waals surface area contributed by atoms with Crippen LogP contribution in [0.3, 0.4) is 0 Å². The van der Waals surface area contributed by atoms with Crippen LogP contribution in [0.2, 0.25) is 0 Å². The highest BCUT2D eigenvalue weighted by Gasteiger charge is 2.53. The van der Waals surface area contributed by atoms with Crippen LogP contribution < -0.4 is 10.2 Å². The number of halogens is 1. The second kappa shape index (κ2) is 8.98. The van der Waals surface area contributed by atoms with E-state index < -0.39 is 11.7 Å². The van der Waals surface area contributed by atoms with Gasteiger partial charge in [-0.1, -0.05) is 6.07 Å². The van der Waals surface area contributed by atoms with Crippen molar-refractivity contribution in [1.29, 1.82) is 0 Å². The van der Waals surface area contributed by atoms with Crippen LogP contribution in [0.4, 0.5) is 10.2 Å².